The van der Waals surface area contributed by atoms with E-state index in [1.54, 1.807) is 9.80 Å². The van der Waals surface area contributed by atoms with Gasteiger partial charge in [0, 0.05) is 38.2 Å². The number of nitrogens with two attached hydrogens (primary N) is 1. The minimum absolute atomic E-state index is 0. The van der Waals surface area contributed by atoms with Crippen molar-refractivity contribution in [1.82, 2.24) is 9.80 Å². The number of benzene rings is 1. The number of ether oxygens (including phenoxy) is 1. The first kappa shape index (κ1) is 20.3. The first-order chi connectivity index (χ1) is 11.8. The molecule has 3 rings (SSSR count). The van der Waals surface area contributed by atoms with Gasteiger partial charge in [0.25, 0.3) is 0 Å². The minimum Gasteiger partial charge on any atom is -0.447 e. The largest absolute Gasteiger partial charge is 0.447 e. The average Bonchev–Trinajstić information content (AvgIpc) is 2.93. The van der Waals surface area contributed by atoms with Crippen LogP contribution >= 0.6 is 12.4 Å². The van der Waals surface area contributed by atoms with Gasteiger partial charge in [0.05, 0.1) is 6.04 Å². The molecular formula is C16H19ClF3N3O3. The Morgan fingerprint density at radius 2 is 1.92 bits per heavy atom. The molecule has 2 aliphatic heterocycles. The van der Waals surface area contributed by atoms with Crippen molar-refractivity contribution in [3.63, 3.8) is 0 Å². The third-order valence-electron chi connectivity index (χ3n) is 4.48. The Balaban J connectivity index is 0.00000243. The molecule has 0 aliphatic carbocycles. The number of hydrogen-bond acceptors (Lipinski definition) is 4. The topological polar surface area (TPSA) is 75.9 Å². The lowest BCUT2D eigenvalue weighted by Gasteiger charge is -2.35. The van der Waals surface area contributed by atoms with Crippen molar-refractivity contribution in [2.45, 2.75) is 24.9 Å². The summed E-state index contributed by atoms with van der Waals surface area (Å²) in [6, 6.07) is 0.335. The average molecular weight is 394 g/mol. The van der Waals surface area contributed by atoms with Gasteiger partial charge >= 0.3 is 6.09 Å². The number of halogens is 4. The van der Waals surface area contributed by atoms with Gasteiger partial charge in [-0.05, 0) is 18.1 Å². The van der Waals surface area contributed by atoms with Crippen molar-refractivity contribution in [3.05, 3.63) is 35.1 Å². The standard InChI is InChI=1S/C16H18F3N3O3.ClH/c17-12-6-14(19)13(18)4-9(12)3-10(20)5-15(23)21-1-2-22-11(7-21)8-25-16(22)24;/h4,6,10-11H,1-3,5,7-8,20H2;1H/t10-,11?;/m1./s1. The molecule has 26 heavy (non-hydrogen) atoms. The van der Waals surface area contributed by atoms with Gasteiger partial charge in [-0.25, -0.2) is 18.0 Å². The molecule has 1 aromatic rings. The number of amides is 2. The Labute approximate surface area is 154 Å². The number of cyclic esters (lactones) is 1. The van der Waals surface area contributed by atoms with Gasteiger partial charge in [0.1, 0.15) is 12.4 Å². The number of carbonyl (C=O) groups excluding carboxylic acids is 2. The van der Waals surface area contributed by atoms with Crippen molar-refractivity contribution < 1.29 is 27.5 Å². The molecule has 1 aromatic carbocycles. The zero-order valence-corrected chi connectivity index (χ0v) is 14.6. The molecule has 1 unspecified atom stereocenters. The molecule has 2 saturated heterocycles. The summed E-state index contributed by atoms with van der Waals surface area (Å²) in [6.07, 6.45) is -0.512. The second-order valence-corrected chi connectivity index (χ2v) is 6.29. The summed E-state index contributed by atoms with van der Waals surface area (Å²) in [6.45, 7) is 1.37. The summed E-state index contributed by atoms with van der Waals surface area (Å²) >= 11 is 0. The SMILES string of the molecule is Cl.N[C@@H](CC(=O)N1CCN2C(=O)OCC2C1)Cc1cc(F)c(F)cc1F. The van der Waals surface area contributed by atoms with Crippen LogP contribution in [0.3, 0.4) is 0 Å². The number of piperazine rings is 1. The second kappa shape index (κ2) is 8.13. The van der Waals surface area contributed by atoms with Crippen molar-refractivity contribution in [1.29, 1.82) is 0 Å². The Bertz CT molecular complexity index is 707. The van der Waals surface area contributed by atoms with E-state index in [0.29, 0.717) is 25.7 Å². The van der Waals surface area contributed by atoms with Crippen molar-refractivity contribution in [2.75, 3.05) is 26.2 Å². The number of hydrogen-bond donors (Lipinski definition) is 1. The minimum atomic E-state index is -1.27. The molecule has 2 aliphatic rings. The third kappa shape index (κ3) is 4.21. The molecule has 0 aromatic heterocycles. The lowest BCUT2D eigenvalue weighted by atomic mass is 10.0. The number of carbonyl (C=O) groups is 2. The fourth-order valence-electron chi connectivity index (χ4n) is 3.14. The summed E-state index contributed by atoms with van der Waals surface area (Å²) in [5, 5.41) is 0. The predicted octanol–water partition coefficient (Wildman–Crippen LogP) is 1.45. The summed E-state index contributed by atoms with van der Waals surface area (Å²) in [4.78, 5) is 27.0. The van der Waals surface area contributed by atoms with Crippen molar-refractivity contribution >= 4 is 24.4 Å². The van der Waals surface area contributed by atoms with Crippen LogP contribution in [-0.4, -0.2) is 60.1 Å². The molecule has 0 radical (unpaired) electrons. The van der Waals surface area contributed by atoms with Crippen molar-refractivity contribution in [2.24, 2.45) is 5.73 Å². The highest BCUT2D eigenvalue weighted by molar-refractivity contribution is 5.85. The Morgan fingerprint density at radius 1 is 1.23 bits per heavy atom. The molecule has 2 heterocycles. The van der Waals surface area contributed by atoms with Gasteiger partial charge in [-0.15, -0.1) is 12.4 Å². The maximum atomic E-state index is 13.7. The van der Waals surface area contributed by atoms with Gasteiger partial charge in [0.2, 0.25) is 5.91 Å². The van der Waals surface area contributed by atoms with Crippen LogP contribution in [0.2, 0.25) is 0 Å². The van der Waals surface area contributed by atoms with E-state index in [0.717, 1.165) is 6.07 Å². The number of rotatable bonds is 4. The second-order valence-electron chi connectivity index (χ2n) is 6.29. The molecule has 0 spiro atoms. The summed E-state index contributed by atoms with van der Waals surface area (Å²) < 4.78 is 44.8. The Morgan fingerprint density at radius 3 is 2.65 bits per heavy atom. The number of nitrogens with zero attached hydrogens (tertiary/aromatic N) is 2. The molecule has 2 fully saturated rings. The van der Waals surface area contributed by atoms with Crippen LogP contribution in [0.4, 0.5) is 18.0 Å². The number of fused-ring (bicyclic) bond motifs is 1. The lowest BCUT2D eigenvalue weighted by Crippen LogP contribution is -2.54. The summed E-state index contributed by atoms with van der Waals surface area (Å²) in [7, 11) is 0. The van der Waals surface area contributed by atoms with E-state index in [1.807, 2.05) is 0 Å². The maximum absolute atomic E-state index is 13.7. The van der Waals surface area contributed by atoms with E-state index >= 15 is 0 Å². The van der Waals surface area contributed by atoms with Crippen LogP contribution in [0, 0.1) is 17.5 Å². The fourth-order valence-corrected chi connectivity index (χ4v) is 3.14. The zero-order chi connectivity index (χ0) is 18.1. The lowest BCUT2D eigenvalue weighted by molar-refractivity contribution is -0.133. The molecular weight excluding hydrogens is 375 g/mol. The molecule has 2 amide bonds. The molecule has 144 valence electrons. The normalized spacial score (nSPS) is 20.3. The van der Waals surface area contributed by atoms with E-state index < -0.39 is 23.5 Å². The molecule has 10 heteroatoms. The predicted molar refractivity (Wildman–Crippen MR) is 88.3 cm³/mol. The van der Waals surface area contributed by atoms with Crippen LogP contribution in [0.5, 0.6) is 0 Å². The first-order valence-electron chi connectivity index (χ1n) is 7.95. The van der Waals surface area contributed by atoms with E-state index in [9.17, 15) is 22.8 Å². The molecule has 0 saturated carbocycles. The van der Waals surface area contributed by atoms with Crippen LogP contribution in [-0.2, 0) is 16.0 Å². The van der Waals surface area contributed by atoms with Crippen molar-refractivity contribution in [3.8, 4) is 0 Å². The van der Waals surface area contributed by atoms with Gasteiger partial charge in [-0.3, -0.25) is 9.69 Å². The van der Waals surface area contributed by atoms with E-state index in [2.05, 4.69) is 0 Å². The summed E-state index contributed by atoms with van der Waals surface area (Å²) in [5.74, 6) is -3.54. The quantitative estimate of drug-likeness (QED) is 0.786. The van der Waals surface area contributed by atoms with Crippen LogP contribution in [0.15, 0.2) is 12.1 Å². The van der Waals surface area contributed by atoms with Gasteiger partial charge in [-0.2, -0.15) is 0 Å². The Kier molecular flexibility index (Phi) is 6.35. The first-order valence-corrected chi connectivity index (χ1v) is 7.95. The monoisotopic (exact) mass is 393 g/mol. The molecule has 2 N–H and O–H groups in total. The molecule has 0 bridgehead atoms. The van der Waals surface area contributed by atoms with E-state index in [4.69, 9.17) is 10.5 Å². The fraction of sp³-hybridized carbons (Fsp3) is 0.500. The summed E-state index contributed by atoms with van der Waals surface area (Å²) in [5.41, 5.74) is 5.81. The van der Waals surface area contributed by atoms with Crippen LogP contribution in [0.25, 0.3) is 0 Å². The van der Waals surface area contributed by atoms with Gasteiger partial charge < -0.3 is 15.4 Å². The highest BCUT2D eigenvalue weighted by atomic mass is 35.5. The Hall–Kier alpha value is -2.00. The smallest absolute Gasteiger partial charge is 0.410 e. The van der Waals surface area contributed by atoms with Crippen LogP contribution < -0.4 is 5.73 Å². The van der Waals surface area contributed by atoms with Gasteiger partial charge in [-0.1, -0.05) is 0 Å². The highest BCUT2D eigenvalue weighted by Crippen LogP contribution is 2.19. The highest BCUT2D eigenvalue weighted by Gasteiger charge is 2.38. The maximum Gasteiger partial charge on any atom is 0.410 e. The van der Waals surface area contributed by atoms with Gasteiger partial charge in [0.15, 0.2) is 11.6 Å². The van der Waals surface area contributed by atoms with Crippen LogP contribution in [0.1, 0.15) is 12.0 Å². The molecule has 6 nitrogen and oxygen atoms in total. The zero-order valence-electron chi connectivity index (χ0n) is 13.8. The van der Waals surface area contributed by atoms with E-state index in [-0.39, 0.29) is 55.5 Å². The molecule has 2 atom stereocenters. The van der Waals surface area contributed by atoms with E-state index in [1.165, 1.54) is 0 Å². The third-order valence-corrected chi connectivity index (χ3v) is 4.48.